The Morgan fingerprint density at radius 2 is 2.15 bits per heavy atom. The van der Waals surface area contributed by atoms with Crippen LogP contribution in [0.2, 0.25) is 0 Å². The van der Waals surface area contributed by atoms with Crippen LogP contribution in [0.4, 0.5) is 5.69 Å². The molecule has 1 aliphatic heterocycles. The lowest BCUT2D eigenvalue weighted by molar-refractivity contribution is -0.385. The van der Waals surface area contributed by atoms with Gasteiger partial charge in [-0.25, -0.2) is 0 Å². The molecule has 0 aliphatic carbocycles. The Hall–Kier alpha value is -2.58. The van der Waals surface area contributed by atoms with Crippen LogP contribution >= 0.6 is 11.8 Å². The molecule has 8 heteroatoms. The zero-order valence-corrected chi connectivity index (χ0v) is 15.1. The molecule has 0 saturated heterocycles. The molecule has 0 unspecified atom stereocenters. The molecular formula is C18H19N3O4S. The summed E-state index contributed by atoms with van der Waals surface area (Å²) in [5, 5.41) is 11.6. The van der Waals surface area contributed by atoms with Gasteiger partial charge in [0.2, 0.25) is 0 Å². The molecule has 7 nitrogen and oxygen atoms in total. The van der Waals surface area contributed by atoms with Crippen molar-refractivity contribution in [1.29, 1.82) is 0 Å². The van der Waals surface area contributed by atoms with E-state index in [1.165, 1.54) is 23.9 Å². The number of non-ortho nitro benzene ring substituents is 1. The minimum atomic E-state index is -0.419. The van der Waals surface area contributed by atoms with Crippen molar-refractivity contribution in [1.82, 2.24) is 0 Å². The number of nitrogens with zero attached hydrogens (tertiary/aromatic N) is 2. The van der Waals surface area contributed by atoms with Gasteiger partial charge in [-0.3, -0.25) is 15.1 Å². The Labute approximate surface area is 155 Å². The molecule has 2 N–H and O–H groups in total. The molecule has 0 amide bonds. The predicted molar refractivity (Wildman–Crippen MR) is 101 cm³/mol. The molecule has 0 aromatic heterocycles. The molecule has 1 aliphatic rings. The van der Waals surface area contributed by atoms with Crippen LogP contribution in [-0.2, 0) is 17.1 Å². The van der Waals surface area contributed by atoms with Crippen LogP contribution in [0, 0.1) is 10.1 Å². The quantitative estimate of drug-likeness (QED) is 0.371. The van der Waals surface area contributed by atoms with Gasteiger partial charge in [0.1, 0.15) is 5.75 Å². The lowest BCUT2D eigenvalue weighted by Crippen LogP contribution is -2.14. The number of ether oxygens (including phenoxy) is 2. The predicted octanol–water partition coefficient (Wildman–Crippen LogP) is 3.77. The number of nitro groups is 1. The van der Waals surface area contributed by atoms with Gasteiger partial charge in [0, 0.05) is 29.0 Å². The molecule has 0 saturated carbocycles. The average molecular weight is 373 g/mol. The van der Waals surface area contributed by atoms with Crippen LogP contribution in [-0.4, -0.2) is 16.9 Å². The number of hydrogen-bond acceptors (Lipinski definition) is 6. The summed E-state index contributed by atoms with van der Waals surface area (Å²) in [7, 11) is 0. The highest BCUT2D eigenvalue weighted by molar-refractivity contribution is 8.13. The first-order chi connectivity index (χ1) is 12.5. The second kappa shape index (κ2) is 8.20. The van der Waals surface area contributed by atoms with E-state index in [4.69, 9.17) is 15.2 Å². The van der Waals surface area contributed by atoms with Crippen molar-refractivity contribution in [2.75, 3.05) is 6.79 Å². The third kappa shape index (κ3) is 4.33. The summed E-state index contributed by atoms with van der Waals surface area (Å²) in [4.78, 5) is 15.2. The van der Waals surface area contributed by atoms with Gasteiger partial charge >= 0.3 is 0 Å². The maximum atomic E-state index is 11.1. The van der Waals surface area contributed by atoms with E-state index in [2.05, 4.69) is 4.99 Å². The number of fused-ring (bicyclic) bond motifs is 1. The Kier molecular flexibility index (Phi) is 5.75. The molecule has 0 fully saturated rings. The van der Waals surface area contributed by atoms with E-state index in [1.807, 2.05) is 37.3 Å². The minimum absolute atomic E-state index is 0.0154. The van der Waals surface area contributed by atoms with Gasteiger partial charge in [-0.05, 0) is 12.5 Å². The summed E-state index contributed by atoms with van der Waals surface area (Å²) in [6, 6.07) is 12.8. The van der Waals surface area contributed by atoms with Crippen molar-refractivity contribution in [3.63, 3.8) is 0 Å². The molecular weight excluding hydrogens is 354 g/mol. The fourth-order valence-corrected chi connectivity index (χ4v) is 3.43. The van der Waals surface area contributed by atoms with Gasteiger partial charge in [-0.2, -0.15) is 0 Å². The molecule has 0 bridgehead atoms. The molecule has 2 aromatic rings. The van der Waals surface area contributed by atoms with Crippen molar-refractivity contribution in [2.45, 2.75) is 25.3 Å². The smallest absolute Gasteiger partial charge is 0.270 e. The Balaban J connectivity index is 1.75. The topological polar surface area (TPSA) is 100.0 Å². The fourth-order valence-electron chi connectivity index (χ4n) is 2.68. The second-order valence-corrected chi connectivity index (χ2v) is 6.80. The number of amidine groups is 1. The summed E-state index contributed by atoms with van der Waals surface area (Å²) in [5.74, 6) is 1.07. The van der Waals surface area contributed by atoms with E-state index >= 15 is 0 Å². The van der Waals surface area contributed by atoms with Gasteiger partial charge in [-0.1, -0.05) is 42.1 Å². The van der Waals surface area contributed by atoms with Crippen molar-refractivity contribution in [3.8, 4) is 5.75 Å². The van der Waals surface area contributed by atoms with Crippen molar-refractivity contribution >= 4 is 22.6 Å². The zero-order valence-electron chi connectivity index (χ0n) is 14.3. The lowest BCUT2D eigenvalue weighted by atomic mass is 10.1. The van der Waals surface area contributed by atoms with Gasteiger partial charge < -0.3 is 15.2 Å². The van der Waals surface area contributed by atoms with E-state index in [0.717, 1.165) is 5.56 Å². The Bertz CT molecular complexity index is 827. The maximum Gasteiger partial charge on any atom is 0.270 e. The molecule has 26 heavy (non-hydrogen) atoms. The van der Waals surface area contributed by atoms with E-state index in [-0.39, 0.29) is 18.5 Å². The van der Waals surface area contributed by atoms with Crippen molar-refractivity contribution in [3.05, 3.63) is 69.3 Å². The first kappa shape index (κ1) is 18.2. The molecule has 2 aromatic carbocycles. The standard InChI is InChI=1S/C18H19N3O4S/c1-12(13-5-3-2-4-6-13)20-18(19)26-10-15-8-16(21(22)23)7-14-9-24-11-25-17(14)15/h2-8,12H,9-11H2,1H3,(H2,19,20)/t12-/m1/s1. The average Bonchev–Trinajstić information content (AvgIpc) is 2.66. The number of rotatable bonds is 5. The molecule has 1 atom stereocenters. The van der Waals surface area contributed by atoms with E-state index in [1.54, 1.807) is 0 Å². The molecule has 0 radical (unpaired) electrons. The van der Waals surface area contributed by atoms with Crippen molar-refractivity contribution in [2.24, 2.45) is 10.7 Å². The number of nitro benzene ring substituents is 1. The number of nitrogens with two attached hydrogens (primary N) is 1. The third-order valence-electron chi connectivity index (χ3n) is 3.96. The highest BCUT2D eigenvalue weighted by Crippen LogP contribution is 2.34. The number of benzene rings is 2. The Morgan fingerprint density at radius 1 is 1.38 bits per heavy atom. The SMILES string of the molecule is C[C@@H](N=C(N)SCc1cc([N+](=O)[O-])cc2c1OCOC2)c1ccccc1. The summed E-state index contributed by atoms with van der Waals surface area (Å²) in [6.45, 7) is 2.40. The minimum Gasteiger partial charge on any atom is -0.467 e. The van der Waals surface area contributed by atoms with Crippen LogP contribution in [0.3, 0.4) is 0 Å². The van der Waals surface area contributed by atoms with Crippen molar-refractivity contribution < 1.29 is 14.4 Å². The highest BCUT2D eigenvalue weighted by Gasteiger charge is 2.21. The van der Waals surface area contributed by atoms with Crippen LogP contribution in [0.25, 0.3) is 0 Å². The summed E-state index contributed by atoms with van der Waals surface area (Å²) >= 11 is 1.33. The molecule has 3 rings (SSSR count). The first-order valence-corrected chi connectivity index (χ1v) is 9.05. The normalized spacial score (nSPS) is 15.0. The summed E-state index contributed by atoms with van der Waals surface area (Å²) < 4.78 is 10.7. The summed E-state index contributed by atoms with van der Waals surface area (Å²) in [5.41, 5.74) is 8.53. The summed E-state index contributed by atoms with van der Waals surface area (Å²) in [6.07, 6.45) is 0. The number of thioether (sulfide) groups is 1. The molecule has 1 heterocycles. The maximum absolute atomic E-state index is 11.1. The van der Waals surface area contributed by atoms with E-state index < -0.39 is 4.92 Å². The largest absolute Gasteiger partial charge is 0.467 e. The van der Waals surface area contributed by atoms with E-state index in [9.17, 15) is 10.1 Å². The lowest BCUT2D eigenvalue weighted by Gasteiger charge is -2.20. The Morgan fingerprint density at radius 3 is 2.88 bits per heavy atom. The molecule has 136 valence electrons. The van der Waals surface area contributed by atoms with Gasteiger partial charge in [0.25, 0.3) is 5.69 Å². The third-order valence-corrected chi connectivity index (χ3v) is 4.82. The first-order valence-electron chi connectivity index (χ1n) is 8.06. The van der Waals surface area contributed by atoms with Crippen LogP contribution in [0.5, 0.6) is 5.75 Å². The number of aliphatic imine (C=N–C) groups is 1. The zero-order chi connectivity index (χ0) is 18.5. The van der Waals surface area contributed by atoms with Gasteiger partial charge in [0.05, 0.1) is 17.6 Å². The monoisotopic (exact) mass is 373 g/mol. The van der Waals surface area contributed by atoms with Crippen LogP contribution < -0.4 is 10.5 Å². The van der Waals surface area contributed by atoms with E-state index in [0.29, 0.717) is 34.4 Å². The second-order valence-electron chi connectivity index (χ2n) is 5.80. The highest BCUT2D eigenvalue weighted by atomic mass is 32.2. The van der Waals surface area contributed by atoms with Gasteiger partial charge in [0.15, 0.2) is 12.0 Å². The van der Waals surface area contributed by atoms with Crippen LogP contribution in [0.15, 0.2) is 47.5 Å². The number of hydrogen-bond donors (Lipinski definition) is 1. The van der Waals surface area contributed by atoms with Crippen LogP contribution in [0.1, 0.15) is 29.7 Å². The molecule has 0 spiro atoms. The fraction of sp³-hybridized carbons (Fsp3) is 0.278. The van der Waals surface area contributed by atoms with Gasteiger partial charge in [-0.15, -0.1) is 0 Å².